The number of anilines is 1. The highest BCUT2D eigenvalue weighted by atomic mass is 16.5. The number of H-pyrrole nitrogens is 2. The lowest BCUT2D eigenvalue weighted by molar-refractivity contribution is -0.145. The van der Waals surface area contributed by atoms with Crippen molar-refractivity contribution in [3.8, 4) is 0 Å². The van der Waals surface area contributed by atoms with Crippen molar-refractivity contribution >= 4 is 11.8 Å². The van der Waals surface area contributed by atoms with E-state index in [4.69, 9.17) is 0 Å². The topological polar surface area (TPSA) is 117 Å². The summed E-state index contributed by atoms with van der Waals surface area (Å²) < 4.78 is 4.63. The van der Waals surface area contributed by atoms with Crippen molar-refractivity contribution in [3.63, 3.8) is 0 Å². The molecule has 17 heavy (non-hydrogen) atoms. The van der Waals surface area contributed by atoms with E-state index in [2.05, 4.69) is 20.3 Å². The average molecular weight is 242 g/mol. The van der Waals surface area contributed by atoms with Gasteiger partial charge in [0.05, 0.1) is 7.11 Å². The van der Waals surface area contributed by atoms with Crippen LogP contribution in [0, 0.1) is 0 Å². The Labute approximate surface area is 96.4 Å². The van der Waals surface area contributed by atoms with Crippen LogP contribution in [-0.2, 0) is 9.53 Å². The van der Waals surface area contributed by atoms with Gasteiger partial charge in [-0.05, 0) is 13.3 Å². The first kappa shape index (κ1) is 12.9. The van der Waals surface area contributed by atoms with Crippen molar-refractivity contribution in [2.24, 2.45) is 0 Å². The molecule has 0 aliphatic carbocycles. The number of hydrogen-bond donors (Lipinski definition) is 3. The number of hydrogen-bond acceptors (Lipinski definition) is 6. The summed E-state index contributed by atoms with van der Waals surface area (Å²) in [4.78, 5) is 35.7. The summed E-state index contributed by atoms with van der Waals surface area (Å²) in [5.41, 5.74) is -2.48. The molecule has 8 heteroatoms. The Morgan fingerprint density at radius 2 is 2.18 bits per heavy atom. The molecular weight excluding hydrogens is 228 g/mol. The molecule has 0 aliphatic rings. The van der Waals surface area contributed by atoms with E-state index < -0.39 is 22.8 Å². The van der Waals surface area contributed by atoms with E-state index in [-0.39, 0.29) is 5.82 Å². The predicted octanol–water partition coefficient (Wildman–Crippen LogP) is -0.788. The minimum absolute atomic E-state index is 0.139. The maximum absolute atomic E-state index is 11.6. The number of ether oxygens (including phenoxy) is 1. The predicted molar refractivity (Wildman–Crippen MR) is 59.8 cm³/mol. The van der Waals surface area contributed by atoms with Crippen molar-refractivity contribution in [3.05, 3.63) is 20.8 Å². The number of methoxy groups -OCH3 is 1. The fourth-order valence-corrected chi connectivity index (χ4v) is 1.20. The van der Waals surface area contributed by atoms with E-state index in [9.17, 15) is 14.4 Å². The van der Waals surface area contributed by atoms with E-state index in [1.807, 2.05) is 4.98 Å². The van der Waals surface area contributed by atoms with Crippen LogP contribution in [-0.4, -0.2) is 33.8 Å². The third-order valence-corrected chi connectivity index (χ3v) is 2.45. The Hall–Kier alpha value is -2.12. The second kappa shape index (κ2) is 4.81. The molecule has 8 nitrogen and oxygen atoms in total. The van der Waals surface area contributed by atoms with Gasteiger partial charge < -0.3 is 10.1 Å². The summed E-state index contributed by atoms with van der Waals surface area (Å²) in [5.74, 6) is -0.660. The Bertz CT molecular complexity index is 520. The fourth-order valence-electron chi connectivity index (χ4n) is 1.20. The summed E-state index contributed by atoms with van der Waals surface area (Å²) in [6.45, 7) is 3.33. The molecule has 0 saturated heterocycles. The molecule has 0 aromatic carbocycles. The molecule has 0 saturated carbocycles. The van der Waals surface area contributed by atoms with Crippen LogP contribution >= 0.6 is 0 Å². The van der Waals surface area contributed by atoms with Crippen molar-refractivity contribution in [2.75, 3.05) is 12.4 Å². The number of carbonyl (C=O) groups excluding carboxylic acids is 1. The summed E-state index contributed by atoms with van der Waals surface area (Å²) in [6.07, 6.45) is 0.389. The van der Waals surface area contributed by atoms with Crippen molar-refractivity contribution in [1.29, 1.82) is 0 Å². The van der Waals surface area contributed by atoms with E-state index >= 15 is 0 Å². The third-order valence-electron chi connectivity index (χ3n) is 2.45. The molecule has 94 valence electrons. The van der Waals surface area contributed by atoms with Crippen molar-refractivity contribution in [1.82, 2.24) is 15.2 Å². The first-order valence-electron chi connectivity index (χ1n) is 4.98. The summed E-state index contributed by atoms with van der Waals surface area (Å²) in [6, 6.07) is 0. The zero-order valence-electron chi connectivity index (χ0n) is 9.79. The quantitative estimate of drug-likeness (QED) is 0.596. The highest BCUT2D eigenvalue weighted by molar-refractivity contribution is 5.83. The third kappa shape index (κ3) is 2.71. The second-order valence-corrected chi connectivity index (χ2v) is 3.66. The number of carbonyl (C=O) groups is 1. The Kier molecular flexibility index (Phi) is 3.66. The lowest BCUT2D eigenvalue weighted by Crippen LogP contribution is -2.46. The lowest BCUT2D eigenvalue weighted by atomic mass is 9.99. The Morgan fingerprint density at radius 3 is 2.65 bits per heavy atom. The van der Waals surface area contributed by atoms with Gasteiger partial charge in [0.25, 0.3) is 5.56 Å². The van der Waals surface area contributed by atoms with Gasteiger partial charge in [-0.3, -0.25) is 9.78 Å². The lowest BCUT2D eigenvalue weighted by Gasteiger charge is -2.26. The first-order valence-corrected chi connectivity index (χ1v) is 4.98. The van der Waals surface area contributed by atoms with Gasteiger partial charge in [-0.15, -0.1) is 5.10 Å². The molecule has 1 heterocycles. The Morgan fingerprint density at radius 1 is 1.53 bits per heavy atom. The average Bonchev–Trinajstić information content (AvgIpc) is 2.31. The van der Waals surface area contributed by atoms with Crippen LogP contribution in [0.1, 0.15) is 20.3 Å². The minimum atomic E-state index is -1.08. The molecule has 0 fully saturated rings. The summed E-state index contributed by atoms with van der Waals surface area (Å²) in [5, 5.41) is 8.25. The number of esters is 1. The summed E-state index contributed by atoms with van der Waals surface area (Å²) >= 11 is 0. The zero-order valence-corrected chi connectivity index (χ0v) is 9.79. The highest BCUT2D eigenvalue weighted by Crippen LogP contribution is 2.15. The molecule has 0 radical (unpaired) electrons. The number of rotatable bonds is 4. The minimum Gasteiger partial charge on any atom is -0.467 e. The van der Waals surface area contributed by atoms with Crippen LogP contribution in [0.4, 0.5) is 5.82 Å². The monoisotopic (exact) mass is 242 g/mol. The second-order valence-electron chi connectivity index (χ2n) is 3.66. The maximum atomic E-state index is 11.6. The van der Waals surface area contributed by atoms with Gasteiger partial charge in [-0.25, -0.2) is 14.7 Å². The Balaban J connectivity index is 3.07. The van der Waals surface area contributed by atoms with Gasteiger partial charge in [-0.1, -0.05) is 6.92 Å². The number of aromatic amines is 2. The molecule has 1 rings (SSSR count). The standard InChI is InChI=1S/C9H14N4O4/c1-4-9(2,7(15)17-3)11-5-6(14)10-8(16)13-12-5/h4H2,1-3H3,(H,11,12)(H2,10,13,14,16). The smallest absolute Gasteiger partial charge is 0.342 e. The molecule has 1 unspecified atom stereocenters. The van der Waals surface area contributed by atoms with E-state index in [1.165, 1.54) is 7.11 Å². The normalized spacial score (nSPS) is 13.8. The number of aromatic nitrogens is 3. The van der Waals surface area contributed by atoms with Gasteiger partial charge in [0.1, 0.15) is 5.54 Å². The molecular formula is C9H14N4O4. The summed E-state index contributed by atoms with van der Waals surface area (Å²) in [7, 11) is 1.25. The van der Waals surface area contributed by atoms with Crippen molar-refractivity contribution in [2.45, 2.75) is 25.8 Å². The van der Waals surface area contributed by atoms with Crippen LogP contribution < -0.4 is 16.6 Å². The maximum Gasteiger partial charge on any atom is 0.342 e. The van der Waals surface area contributed by atoms with Gasteiger partial charge in [0.15, 0.2) is 0 Å². The van der Waals surface area contributed by atoms with E-state index in [0.717, 1.165) is 0 Å². The van der Waals surface area contributed by atoms with Gasteiger partial charge in [-0.2, -0.15) is 0 Å². The molecule has 1 atom stereocenters. The van der Waals surface area contributed by atoms with Gasteiger partial charge in [0, 0.05) is 0 Å². The van der Waals surface area contributed by atoms with Crippen LogP contribution in [0.15, 0.2) is 9.59 Å². The van der Waals surface area contributed by atoms with Crippen LogP contribution in [0.5, 0.6) is 0 Å². The van der Waals surface area contributed by atoms with Gasteiger partial charge in [0.2, 0.25) is 5.82 Å². The zero-order chi connectivity index (χ0) is 13.1. The van der Waals surface area contributed by atoms with E-state index in [0.29, 0.717) is 6.42 Å². The van der Waals surface area contributed by atoms with Crippen molar-refractivity contribution < 1.29 is 9.53 Å². The molecule has 3 N–H and O–H groups in total. The number of nitrogens with zero attached hydrogens (tertiary/aromatic N) is 1. The molecule has 0 spiro atoms. The molecule has 1 aromatic heterocycles. The fraction of sp³-hybridized carbons (Fsp3) is 0.556. The van der Waals surface area contributed by atoms with E-state index in [1.54, 1.807) is 13.8 Å². The molecule has 1 aromatic rings. The van der Waals surface area contributed by atoms with Crippen LogP contribution in [0.2, 0.25) is 0 Å². The van der Waals surface area contributed by atoms with Crippen LogP contribution in [0.25, 0.3) is 0 Å². The molecule has 0 aliphatic heterocycles. The molecule has 0 bridgehead atoms. The SMILES string of the molecule is CCC(C)(Nc1n[nH]c(=O)[nH]c1=O)C(=O)OC. The number of nitrogens with one attached hydrogen (secondary N) is 3. The highest BCUT2D eigenvalue weighted by Gasteiger charge is 2.33. The first-order chi connectivity index (χ1) is 7.92. The van der Waals surface area contributed by atoms with Gasteiger partial charge >= 0.3 is 11.7 Å². The molecule has 0 amide bonds. The largest absolute Gasteiger partial charge is 0.467 e. The van der Waals surface area contributed by atoms with Crippen LogP contribution in [0.3, 0.4) is 0 Å².